The molecule has 75 heavy (non-hydrogen) atoms. The highest BCUT2D eigenvalue weighted by Crippen LogP contribution is 2.15. The minimum Gasteiger partial charge on any atom is -0.477 e. The number of ether oxygens (including phenoxy) is 4. The number of nitrogens with zero attached hydrogens (tertiary/aromatic N) is 1. The van der Waals surface area contributed by atoms with Crippen molar-refractivity contribution in [2.45, 2.75) is 219 Å². The van der Waals surface area contributed by atoms with Gasteiger partial charge in [-0.1, -0.05) is 218 Å². The van der Waals surface area contributed by atoms with Crippen LogP contribution in [0.5, 0.6) is 0 Å². The van der Waals surface area contributed by atoms with Crippen LogP contribution in [0.1, 0.15) is 206 Å². The highest BCUT2D eigenvalue weighted by Gasteiger charge is 2.25. The van der Waals surface area contributed by atoms with Crippen LogP contribution in [0.25, 0.3) is 0 Å². The van der Waals surface area contributed by atoms with Crippen LogP contribution in [0.15, 0.2) is 134 Å². The average molecular weight is 1040 g/mol. The molecule has 0 saturated heterocycles. The number of aliphatic carboxylic acids is 1. The molecule has 424 valence electrons. The summed E-state index contributed by atoms with van der Waals surface area (Å²) in [7, 11) is 5.94. The van der Waals surface area contributed by atoms with Crippen molar-refractivity contribution in [3.63, 3.8) is 0 Å². The van der Waals surface area contributed by atoms with Gasteiger partial charge in [0.2, 0.25) is 0 Å². The van der Waals surface area contributed by atoms with E-state index in [1.165, 1.54) is 70.6 Å². The van der Waals surface area contributed by atoms with Gasteiger partial charge in [-0.05, 0) is 109 Å². The van der Waals surface area contributed by atoms with Gasteiger partial charge in [-0.15, -0.1) is 0 Å². The molecule has 1 N–H and O–H groups in total. The molecule has 0 aliphatic rings. The molecule has 9 heteroatoms. The third-order valence-electron chi connectivity index (χ3n) is 11.9. The van der Waals surface area contributed by atoms with Gasteiger partial charge in [0.25, 0.3) is 6.29 Å². The number of carbonyl (C=O) groups is 3. The summed E-state index contributed by atoms with van der Waals surface area (Å²) in [6.07, 6.45) is 76.8. The number of rotatable bonds is 52. The number of esters is 2. The molecule has 2 unspecified atom stereocenters. The molecule has 0 fully saturated rings. The maximum atomic E-state index is 12.9. The van der Waals surface area contributed by atoms with Gasteiger partial charge in [-0.2, -0.15) is 0 Å². The van der Waals surface area contributed by atoms with E-state index in [-0.39, 0.29) is 38.6 Å². The van der Waals surface area contributed by atoms with Crippen LogP contribution < -0.4 is 0 Å². The standard InChI is InChI=1S/C66H107NO8/c1-6-8-10-12-14-16-18-20-22-24-26-28-29-30-31-32-33-34-35-37-38-40-42-44-46-48-50-52-54-56-63(68)73-60-62(61-74-66(65(70)71)72-59-58-67(3,4)5)75-64(69)57-55-53-51-49-47-45-43-41-39-36-27-25-23-21-19-17-15-13-11-9-7-2/h8-11,14-17,20-23,26-28,30-31,36,41,43,47,49,62,66H,6-7,12-13,18-19,24-25,29,32-35,37-40,42,44-46,48,50-61H2,1-5H3/p+1/b10-8-,11-9-,16-14-,17-15-,22-20-,23-21-,28-26-,31-30-,36-27-,43-41-,49-47-. The first-order valence-electron chi connectivity index (χ1n) is 29.3. The van der Waals surface area contributed by atoms with Crippen molar-refractivity contribution in [2.24, 2.45) is 0 Å². The van der Waals surface area contributed by atoms with E-state index in [0.29, 0.717) is 17.4 Å². The first-order valence-corrected chi connectivity index (χ1v) is 29.3. The highest BCUT2D eigenvalue weighted by atomic mass is 16.7. The van der Waals surface area contributed by atoms with E-state index in [0.717, 1.165) is 103 Å². The number of likely N-dealkylation sites (N-methyl/N-ethyl adjacent to an activating group) is 1. The summed E-state index contributed by atoms with van der Waals surface area (Å²) in [5, 5.41) is 9.70. The zero-order chi connectivity index (χ0) is 54.8. The Morgan fingerprint density at radius 2 is 0.720 bits per heavy atom. The monoisotopic (exact) mass is 1040 g/mol. The van der Waals surface area contributed by atoms with Gasteiger partial charge < -0.3 is 28.5 Å². The molecule has 0 aliphatic heterocycles. The van der Waals surface area contributed by atoms with Gasteiger partial charge in [-0.25, -0.2) is 4.79 Å². The normalized spacial score (nSPS) is 13.8. The molecular weight excluding hydrogens is 935 g/mol. The van der Waals surface area contributed by atoms with Crippen LogP contribution in [-0.2, 0) is 33.3 Å². The van der Waals surface area contributed by atoms with Crippen LogP contribution in [-0.4, -0.2) is 87.4 Å². The average Bonchev–Trinajstić information content (AvgIpc) is 3.38. The number of hydrogen-bond donors (Lipinski definition) is 1. The largest absolute Gasteiger partial charge is 0.477 e. The van der Waals surface area contributed by atoms with Gasteiger partial charge in [0.05, 0.1) is 34.4 Å². The van der Waals surface area contributed by atoms with Gasteiger partial charge in [0.15, 0.2) is 6.10 Å². The van der Waals surface area contributed by atoms with E-state index in [1.807, 2.05) is 21.1 Å². The molecule has 0 aromatic carbocycles. The van der Waals surface area contributed by atoms with E-state index in [2.05, 4.69) is 148 Å². The van der Waals surface area contributed by atoms with Crippen molar-refractivity contribution >= 4 is 17.9 Å². The maximum absolute atomic E-state index is 12.9. The second kappa shape index (κ2) is 55.7. The van der Waals surface area contributed by atoms with Crippen LogP contribution >= 0.6 is 0 Å². The summed E-state index contributed by atoms with van der Waals surface area (Å²) >= 11 is 0. The fraction of sp³-hybridized carbons (Fsp3) is 0.621. The molecule has 0 rings (SSSR count). The SMILES string of the molecule is CC/C=C\C/C=C\C/C=C\C/C=C\C/C=C\C/C=C\CCCCC(=O)OC(COC(=O)CCCCCCCCCCCCCCC/C=C\C/C=C\C/C=C\C/C=C\C/C=C\CC)COC(OCC[N+](C)(C)C)C(=O)O. The molecule has 0 aromatic heterocycles. The first-order chi connectivity index (χ1) is 36.6. The Morgan fingerprint density at radius 3 is 1.09 bits per heavy atom. The summed E-state index contributed by atoms with van der Waals surface area (Å²) in [5.74, 6) is -2.08. The quantitative estimate of drug-likeness (QED) is 0.0211. The van der Waals surface area contributed by atoms with Crippen molar-refractivity contribution in [1.82, 2.24) is 0 Å². The Labute approximate surface area is 459 Å². The second-order valence-electron chi connectivity index (χ2n) is 20.2. The van der Waals surface area contributed by atoms with Crippen molar-refractivity contribution in [1.29, 1.82) is 0 Å². The number of carboxylic acid groups (broad SMARTS) is 1. The third-order valence-corrected chi connectivity index (χ3v) is 11.9. The Bertz CT molecular complexity index is 1690. The number of quaternary nitrogens is 1. The lowest BCUT2D eigenvalue weighted by Gasteiger charge is -2.25. The van der Waals surface area contributed by atoms with Crippen LogP contribution in [0.4, 0.5) is 0 Å². The minimum absolute atomic E-state index is 0.172. The molecular formula is C66H108NO8+. The molecule has 0 heterocycles. The number of allylic oxidation sites excluding steroid dienone is 22. The Balaban J connectivity index is 4.30. The minimum atomic E-state index is -1.53. The number of hydrogen-bond acceptors (Lipinski definition) is 7. The van der Waals surface area contributed by atoms with E-state index in [1.54, 1.807) is 0 Å². The lowest BCUT2D eigenvalue weighted by Crippen LogP contribution is -2.40. The van der Waals surface area contributed by atoms with Gasteiger partial charge >= 0.3 is 17.9 Å². The Kier molecular flexibility index (Phi) is 52.3. The van der Waals surface area contributed by atoms with Gasteiger partial charge in [-0.3, -0.25) is 9.59 Å². The van der Waals surface area contributed by atoms with Gasteiger partial charge in [0, 0.05) is 12.8 Å². The van der Waals surface area contributed by atoms with E-state index in [4.69, 9.17) is 18.9 Å². The zero-order valence-corrected chi connectivity index (χ0v) is 48.2. The lowest BCUT2D eigenvalue weighted by atomic mass is 10.0. The van der Waals surface area contributed by atoms with Crippen LogP contribution in [0, 0.1) is 0 Å². The summed E-state index contributed by atoms with van der Waals surface area (Å²) in [4.78, 5) is 37.4. The lowest BCUT2D eigenvalue weighted by molar-refractivity contribution is -0.870. The number of carbonyl (C=O) groups excluding carboxylic acids is 2. The second-order valence-corrected chi connectivity index (χ2v) is 20.2. The molecule has 0 aliphatic carbocycles. The Hall–Kier alpha value is -4.57. The summed E-state index contributed by atoms with van der Waals surface area (Å²) in [5.41, 5.74) is 0. The molecule has 9 nitrogen and oxygen atoms in total. The number of unbranched alkanes of at least 4 members (excludes halogenated alkanes) is 15. The van der Waals surface area contributed by atoms with Crippen LogP contribution in [0.3, 0.4) is 0 Å². The summed E-state index contributed by atoms with van der Waals surface area (Å²) < 4.78 is 22.8. The first kappa shape index (κ1) is 70.4. The van der Waals surface area contributed by atoms with E-state index >= 15 is 0 Å². The smallest absolute Gasteiger partial charge is 0.361 e. The summed E-state index contributed by atoms with van der Waals surface area (Å²) in [6, 6.07) is 0. The predicted octanol–water partition coefficient (Wildman–Crippen LogP) is 17.5. The summed E-state index contributed by atoms with van der Waals surface area (Å²) in [6.45, 7) is 4.58. The fourth-order valence-corrected chi connectivity index (χ4v) is 7.45. The molecule has 0 amide bonds. The Morgan fingerprint density at radius 1 is 0.400 bits per heavy atom. The molecule has 0 spiro atoms. The molecule has 2 atom stereocenters. The van der Waals surface area contributed by atoms with E-state index in [9.17, 15) is 19.5 Å². The van der Waals surface area contributed by atoms with Gasteiger partial charge in [0.1, 0.15) is 13.2 Å². The molecule has 0 saturated carbocycles. The topological polar surface area (TPSA) is 108 Å². The van der Waals surface area contributed by atoms with Crippen molar-refractivity contribution < 1.29 is 42.9 Å². The van der Waals surface area contributed by atoms with Crippen molar-refractivity contribution in [3.8, 4) is 0 Å². The van der Waals surface area contributed by atoms with Crippen molar-refractivity contribution in [2.75, 3.05) is 47.5 Å². The van der Waals surface area contributed by atoms with E-state index < -0.39 is 24.3 Å². The third kappa shape index (κ3) is 57.0. The maximum Gasteiger partial charge on any atom is 0.361 e. The highest BCUT2D eigenvalue weighted by molar-refractivity contribution is 5.71. The molecule has 0 radical (unpaired) electrons. The number of carboxylic acids is 1. The molecule has 0 aromatic rings. The molecule has 0 bridgehead atoms. The zero-order valence-electron chi connectivity index (χ0n) is 48.2. The van der Waals surface area contributed by atoms with Crippen LogP contribution in [0.2, 0.25) is 0 Å². The van der Waals surface area contributed by atoms with Crippen molar-refractivity contribution in [3.05, 3.63) is 134 Å². The predicted molar refractivity (Wildman–Crippen MR) is 317 cm³/mol. The fourth-order valence-electron chi connectivity index (χ4n) is 7.45.